The molecule has 0 aromatic heterocycles. The molecule has 0 amide bonds. The summed E-state index contributed by atoms with van der Waals surface area (Å²) in [5.74, 6) is 0. The molecule has 1 nitrogen and oxygen atoms in total. The maximum Gasteiger partial charge on any atom is 0 e. The Kier molecular flexibility index (Phi) is 405. The number of halogens is 2. The van der Waals surface area contributed by atoms with E-state index in [4.69, 9.17) is 3.80 Å². The van der Waals surface area contributed by atoms with Gasteiger partial charge in [-0.3, -0.25) is 0 Å². The van der Waals surface area contributed by atoms with Crippen molar-refractivity contribution in [1.82, 2.24) is 0 Å². The summed E-state index contributed by atoms with van der Waals surface area (Å²) in [6.07, 6.45) is 0. The molecular formula is HAlCaF2OTi. The Morgan fingerprint density at radius 1 is 1.00 bits per heavy atom. The molecule has 0 saturated carbocycles. The van der Waals surface area contributed by atoms with Gasteiger partial charge < -0.3 is 9.41 Å². The summed E-state index contributed by atoms with van der Waals surface area (Å²) in [4.78, 5) is 0. The molecule has 0 aromatic rings. The van der Waals surface area contributed by atoms with Crippen molar-refractivity contribution in [3.8, 4) is 0 Å². The van der Waals surface area contributed by atoms with E-state index >= 15 is 0 Å². The van der Waals surface area contributed by atoms with Crippen LogP contribution in [0.1, 0.15) is 0 Å². The second-order valence-electron chi connectivity index (χ2n) is 0. The summed E-state index contributed by atoms with van der Waals surface area (Å²) in [6, 6.07) is 0. The van der Waals surface area contributed by atoms with Crippen molar-refractivity contribution in [2.45, 2.75) is 0 Å². The van der Waals surface area contributed by atoms with Crippen molar-refractivity contribution < 1.29 is 34.9 Å². The van der Waals surface area contributed by atoms with Gasteiger partial charge in [0, 0.05) is 21.7 Å². The fourth-order valence-corrected chi connectivity index (χ4v) is 0. The predicted molar refractivity (Wildman–Crippen MR) is 13.6 cm³/mol. The number of hydrogen-bond acceptors (Lipinski definition) is 1. The quantitative estimate of drug-likeness (QED) is 0.330. The first-order valence-electron chi connectivity index (χ1n) is 0.289. The van der Waals surface area contributed by atoms with Gasteiger partial charge in [-0.05, 0) is 0 Å². The van der Waals surface area contributed by atoms with Crippen LogP contribution in [-0.4, -0.2) is 54.0 Å². The van der Waals surface area contributed by atoms with Crippen LogP contribution in [-0.2, 0) is 25.5 Å². The molecule has 0 aromatic carbocycles. The van der Waals surface area contributed by atoms with Crippen molar-refractivity contribution >= 4 is 54.0 Å². The van der Waals surface area contributed by atoms with Gasteiger partial charge in [-0.15, -0.1) is 0 Å². The molecule has 0 bridgehead atoms. The van der Waals surface area contributed by atoms with E-state index in [1.54, 1.807) is 0 Å². The first-order valence-corrected chi connectivity index (χ1v) is 0.866. The summed E-state index contributed by atoms with van der Waals surface area (Å²) in [6.45, 7) is 0. The van der Waals surface area contributed by atoms with Gasteiger partial charge in [0.05, 0.1) is 0 Å². The van der Waals surface area contributed by atoms with Gasteiger partial charge in [-0.25, -0.2) is 0 Å². The van der Waals surface area contributed by atoms with Crippen LogP contribution >= 0.6 is 0 Å². The minimum atomic E-state index is 0. The van der Waals surface area contributed by atoms with Gasteiger partial charge in [0.2, 0.25) is 0 Å². The van der Waals surface area contributed by atoms with Crippen molar-refractivity contribution in [3.63, 3.8) is 0 Å². The van der Waals surface area contributed by atoms with Crippen LogP contribution in [0.25, 0.3) is 0 Å². The monoisotopic (exact) mass is 170 g/mol. The van der Waals surface area contributed by atoms with E-state index in [2.05, 4.69) is 0 Å². The summed E-state index contributed by atoms with van der Waals surface area (Å²) in [5.41, 5.74) is 0. The standard InChI is InChI=1S/Al.Ca.2FH.O.Ti.H/h;;2*1H;;;/q;+2;;;;;/p-2. The van der Waals surface area contributed by atoms with Crippen LogP contribution < -0.4 is 9.41 Å². The maximum absolute atomic E-state index is 8.28. The second-order valence-corrected chi connectivity index (χ2v) is 0. The first-order chi connectivity index (χ1) is 1.00. The molecule has 0 atom stereocenters. The van der Waals surface area contributed by atoms with Gasteiger partial charge in [-0.2, -0.15) is 0 Å². The van der Waals surface area contributed by atoms with Gasteiger partial charge in [0.25, 0.3) is 0 Å². The van der Waals surface area contributed by atoms with E-state index in [9.17, 15) is 0 Å². The average Bonchev–Trinajstić information content (AvgIpc) is 1.00. The van der Waals surface area contributed by atoms with Crippen LogP contribution in [0.3, 0.4) is 0 Å². The van der Waals surface area contributed by atoms with E-state index in [1.165, 1.54) is 0 Å². The van der Waals surface area contributed by atoms with Crippen LogP contribution in [0.15, 0.2) is 0 Å². The molecule has 6 heteroatoms. The number of hydrogen-bond donors (Lipinski definition) is 0. The molecule has 0 aliphatic rings. The molecule has 0 rings (SSSR count). The normalized spacial score (nSPS) is 0.500. The van der Waals surface area contributed by atoms with Crippen molar-refractivity contribution in [2.24, 2.45) is 0 Å². The maximum atomic E-state index is 8.28. The number of rotatable bonds is 0. The average molecular weight is 170 g/mol. The van der Waals surface area contributed by atoms with Crippen molar-refractivity contribution in [1.29, 1.82) is 0 Å². The zero-order valence-electron chi connectivity index (χ0n) is 3.08. The second kappa shape index (κ2) is 58.1. The van der Waals surface area contributed by atoms with Crippen LogP contribution in [0.5, 0.6) is 0 Å². The van der Waals surface area contributed by atoms with Crippen molar-refractivity contribution in [3.05, 3.63) is 0 Å². The molecule has 0 aliphatic carbocycles. The first kappa shape index (κ1) is 41.8. The fourth-order valence-electron chi connectivity index (χ4n) is 0. The minimum Gasteiger partial charge on any atom is 0 e. The molecule has 0 N–H and O–H groups in total. The largest absolute Gasteiger partial charge is 0 e. The van der Waals surface area contributed by atoms with E-state index in [0.717, 1.165) is 0 Å². The summed E-state index contributed by atoms with van der Waals surface area (Å²) in [7, 11) is 0. The Morgan fingerprint density at radius 2 is 1.00 bits per heavy atom. The Labute approximate surface area is 87.5 Å². The topological polar surface area (TPSA) is 17.1 Å². The van der Waals surface area contributed by atoms with Gasteiger partial charge in [-0.1, -0.05) is 0 Å². The SMILES string of the molecule is [Ca+2].[F-].[F-].[O]=[AlH].[Ti]. The smallest absolute Gasteiger partial charge is 0 e. The van der Waals surface area contributed by atoms with Crippen LogP contribution in [0, 0.1) is 0 Å². The molecule has 0 heterocycles. The van der Waals surface area contributed by atoms with Crippen molar-refractivity contribution in [2.75, 3.05) is 0 Å². The molecule has 6 heavy (non-hydrogen) atoms. The Bertz CT molecular complexity index is 13.5. The van der Waals surface area contributed by atoms with E-state index in [0.29, 0.717) is 16.2 Å². The van der Waals surface area contributed by atoms with Crippen LogP contribution in [0.4, 0.5) is 0 Å². The molecule has 0 saturated heterocycles. The Hall–Kier alpha value is 2.17. The van der Waals surface area contributed by atoms with Gasteiger partial charge >= 0.3 is 57.8 Å². The van der Waals surface area contributed by atoms with Gasteiger partial charge in [0.15, 0.2) is 0 Å². The van der Waals surface area contributed by atoms with E-state index in [1.807, 2.05) is 0 Å². The molecule has 0 spiro atoms. The summed E-state index contributed by atoms with van der Waals surface area (Å²) < 4.78 is 8.28. The molecular weight excluding hydrogens is 169 g/mol. The molecule has 0 unspecified atom stereocenters. The molecule has 0 radical (unpaired) electrons. The van der Waals surface area contributed by atoms with Gasteiger partial charge in [0.1, 0.15) is 0 Å². The predicted octanol–water partition coefficient (Wildman–Crippen LogP) is -7.14. The minimum absolute atomic E-state index is 0. The third-order valence-electron chi connectivity index (χ3n) is 0. The fraction of sp³-hybridized carbons (Fsp3) is 0. The molecule has 0 aliphatic heterocycles. The van der Waals surface area contributed by atoms with Crippen LogP contribution in [0.2, 0.25) is 0 Å². The molecule has 0 fully saturated rings. The van der Waals surface area contributed by atoms with E-state index < -0.39 is 0 Å². The summed E-state index contributed by atoms with van der Waals surface area (Å²) >= 11 is 0.611. The van der Waals surface area contributed by atoms with E-state index in [-0.39, 0.29) is 68.9 Å². The zero-order valence-corrected chi connectivity index (χ0v) is 8.26. The molecule has 30 valence electrons. The third-order valence-corrected chi connectivity index (χ3v) is 0. The Morgan fingerprint density at radius 3 is 1.00 bits per heavy atom. The summed E-state index contributed by atoms with van der Waals surface area (Å²) in [5, 5.41) is 0. The zero-order chi connectivity index (χ0) is 2.00. The Balaban J connectivity index is -0.000000000833. The third kappa shape index (κ3) is 35.1.